The normalized spacial score (nSPS) is 22.5. The van der Waals surface area contributed by atoms with Gasteiger partial charge in [0.15, 0.2) is 0 Å². The number of carbonyl (C=O) groups excluding carboxylic acids is 1. The highest BCUT2D eigenvalue weighted by atomic mass is 16.3. The number of fused-ring (bicyclic) bond motifs is 3. The third-order valence-electron chi connectivity index (χ3n) is 6.02. The summed E-state index contributed by atoms with van der Waals surface area (Å²) in [5.41, 5.74) is 4.68. The fraction of sp³-hybridized carbons (Fsp3) is 0.261. The summed E-state index contributed by atoms with van der Waals surface area (Å²) in [6, 6.07) is 16.4. The number of anilines is 1. The zero-order valence-corrected chi connectivity index (χ0v) is 15.9. The highest BCUT2D eigenvalue weighted by Crippen LogP contribution is 2.47. The maximum absolute atomic E-state index is 13.2. The van der Waals surface area contributed by atoms with Crippen LogP contribution in [0.25, 0.3) is 11.1 Å². The Bertz CT molecular complexity index is 1030. The van der Waals surface area contributed by atoms with Crippen molar-refractivity contribution >= 4 is 11.6 Å². The van der Waals surface area contributed by atoms with Crippen molar-refractivity contribution in [3.63, 3.8) is 0 Å². The molecule has 146 valence electrons. The maximum atomic E-state index is 13.2. The maximum Gasteiger partial charge on any atom is 0.274 e. The third-order valence-corrected chi connectivity index (χ3v) is 6.02. The summed E-state index contributed by atoms with van der Waals surface area (Å²) in [4.78, 5) is 23.3. The largest absolute Gasteiger partial charge is 0.394 e. The molecule has 2 aromatic carbocycles. The van der Waals surface area contributed by atoms with E-state index < -0.39 is 0 Å². The van der Waals surface area contributed by atoms with Crippen molar-refractivity contribution < 1.29 is 9.90 Å². The van der Waals surface area contributed by atoms with Gasteiger partial charge in [0.05, 0.1) is 24.9 Å². The van der Waals surface area contributed by atoms with Gasteiger partial charge in [-0.05, 0) is 35.2 Å². The van der Waals surface area contributed by atoms with Crippen LogP contribution in [0.15, 0.2) is 67.1 Å². The molecule has 3 heterocycles. The first kappa shape index (κ1) is 17.8. The van der Waals surface area contributed by atoms with Gasteiger partial charge in [-0.25, -0.2) is 4.98 Å². The molecular formula is C23H22N4O2. The molecule has 2 aliphatic heterocycles. The summed E-state index contributed by atoms with van der Waals surface area (Å²) in [7, 11) is 0. The van der Waals surface area contributed by atoms with Crippen molar-refractivity contribution in [3.05, 3.63) is 78.4 Å². The van der Waals surface area contributed by atoms with Gasteiger partial charge in [-0.3, -0.25) is 9.78 Å². The predicted octanol–water partition coefficient (Wildman–Crippen LogP) is 3.13. The summed E-state index contributed by atoms with van der Waals surface area (Å²) in [5, 5.41) is 13.4. The number of hydrogen-bond acceptors (Lipinski definition) is 5. The second-order valence-electron chi connectivity index (χ2n) is 7.59. The number of nitrogens with zero attached hydrogens (tertiary/aromatic N) is 3. The molecule has 0 unspecified atom stereocenters. The standard InChI is InChI=1S/C23H22N4O2/c28-14-21-17-8-11-27(23(29)20-13-24-9-10-25-20)22(17)18-12-16(6-7-19(18)26-21)15-4-2-1-3-5-15/h1-7,9-10,12-13,17,21-22,26,28H,8,11,14H2/t17-,21-,22-/m1/s1. The average Bonchev–Trinajstić information content (AvgIpc) is 3.24. The summed E-state index contributed by atoms with van der Waals surface area (Å²) < 4.78 is 0. The van der Waals surface area contributed by atoms with E-state index in [2.05, 4.69) is 45.6 Å². The Morgan fingerprint density at radius 1 is 1.14 bits per heavy atom. The minimum Gasteiger partial charge on any atom is -0.394 e. The number of likely N-dealkylation sites (tertiary alicyclic amines) is 1. The fourth-order valence-electron chi connectivity index (χ4n) is 4.66. The van der Waals surface area contributed by atoms with E-state index in [0.29, 0.717) is 12.2 Å². The first-order valence-electron chi connectivity index (χ1n) is 9.90. The van der Waals surface area contributed by atoms with Crippen LogP contribution in [0.5, 0.6) is 0 Å². The zero-order chi connectivity index (χ0) is 19.8. The van der Waals surface area contributed by atoms with Crippen LogP contribution >= 0.6 is 0 Å². The minimum absolute atomic E-state index is 0.0359. The van der Waals surface area contributed by atoms with Crippen molar-refractivity contribution in [2.45, 2.75) is 18.5 Å². The van der Waals surface area contributed by atoms with E-state index in [1.54, 1.807) is 12.4 Å². The minimum atomic E-state index is -0.111. The second kappa shape index (κ2) is 7.29. The monoisotopic (exact) mass is 386 g/mol. The lowest BCUT2D eigenvalue weighted by Gasteiger charge is -2.39. The van der Waals surface area contributed by atoms with Gasteiger partial charge in [0.25, 0.3) is 5.91 Å². The molecule has 2 aliphatic rings. The molecule has 1 aromatic heterocycles. The molecule has 2 N–H and O–H groups in total. The van der Waals surface area contributed by atoms with E-state index >= 15 is 0 Å². The predicted molar refractivity (Wildman–Crippen MR) is 110 cm³/mol. The molecule has 0 spiro atoms. The molecule has 0 bridgehead atoms. The molecule has 0 radical (unpaired) electrons. The quantitative estimate of drug-likeness (QED) is 0.723. The van der Waals surface area contributed by atoms with Crippen LogP contribution in [0.1, 0.15) is 28.5 Å². The number of aliphatic hydroxyl groups excluding tert-OH is 1. The number of aromatic nitrogens is 2. The molecule has 1 saturated heterocycles. The van der Waals surface area contributed by atoms with Crippen LogP contribution in [-0.4, -0.2) is 45.1 Å². The number of rotatable bonds is 3. The number of hydrogen-bond donors (Lipinski definition) is 2. The lowest BCUT2D eigenvalue weighted by molar-refractivity contribution is 0.0694. The molecule has 29 heavy (non-hydrogen) atoms. The lowest BCUT2D eigenvalue weighted by atomic mass is 9.82. The molecule has 6 heteroatoms. The SMILES string of the molecule is O=C(c1cnccn1)N1CC[C@@H]2[C@@H](CO)Nc3ccc(-c4ccccc4)cc3[C@@H]21. The van der Waals surface area contributed by atoms with Gasteiger partial charge < -0.3 is 15.3 Å². The number of carbonyl (C=O) groups is 1. The van der Waals surface area contributed by atoms with Crippen molar-refractivity contribution in [2.24, 2.45) is 5.92 Å². The summed E-state index contributed by atoms with van der Waals surface area (Å²) >= 11 is 0. The van der Waals surface area contributed by atoms with Crippen LogP contribution in [0, 0.1) is 5.92 Å². The molecular weight excluding hydrogens is 364 g/mol. The van der Waals surface area contributed by atoms with Gasteiger partial charge in [0.2, 0.25) is 0 Å². The fourth-order valence-corrected chi connectivity index (χ4v) is 4.66. The third kappa shape index (κ3) is 3.06. The van der Waals surface area contributed by atoms with Crippen LogP contribution in [0.2, 0.25) is 0 Å². The van der Waals surface area contributed by atoms with Gasteiger partial charge in [0.1, 0.15) is 5.69 Å². The summed E-state index contributed by atoms with van der Waals surface area (Å²) in [6.45, 7) is 0.673. The molecule has 6 nitrogen and oxygen atoms in total. The Morgan fingerprint density at radius 3 is 2.76 bits per heavy atom. The van der Waals surface area contributed by atoms with Crippen molar-refractivity contribution in [1.82, 2.24) is 14.9 Å². The van der Waals surface area contributed by atoms with Gasteiger partial charge in [0, 0.05) is 30.5 Å². The van der Waals surface area contributed by atoms with Crippen LogP contribution < -0.4 is 5.32 Å². The Morgan fingerprint density at radius 2 is 2.00 bits per heavy atom. The molecule has 1 amide bonds. The van der Waals surface area contributed by atoms with Crippen LogP contribution in [0.3, 0.4) is 0 Å². The summed E-state index contributed by atoms with van der Waals surface area (Å²) in [6.07, 6.45) is 5.46. The highest BCUT2D eigenvalue weighted by Gasteiger charge is 2.46. The zero-order valence-electron chi connectivity index (χ0n) is 15.9. The van der Waals surface area contributed by atoms with Crippen LogP contribution in [0.4, 0.5) is 5.69 Å². The first-order chi connectivity index (χ1) is 14.3. The number of nitrogens with one attached hydrogen (secondary N) is 1. The molecule has 3 atom stereocenters. The Hall–Kier alpha value is -3.25. The van der Waals surface area contributed by atoms with Crippen molar-refractivity contribution in [1.29, 1.82) is 0 Å². The Balaban J connectivity index is 1.58. The Labute approximate surface area is 169 Å². The van der Waals surface area contributed by atoms with E-state index in [1.165, 1.54) is 6.20 Å². The Kier molecular flexibility index (Phi) is 4.48. The molecule has 0 saturated carbocycles. The van der Waals surface area contributed by atoms with Gasteiger partial charge in [-0.15, -0.1) is 0 Å². The van der Waals surface area contributed by atoms with E-state index in [9.17, 15) is 9.90 Å². The number of benzene rings is 2. The molecule has 5 rings (SSSR count). The van der Waals surface area contributed by atoms with E-state index in [-0.39, 0.29) is 30.5 Å². The van der Waals surface area contributed by atoms with Gasteiger partial charge >= 0.3 is 0 Å². The second-order valence-corrected chi connectivity index (χ2v) is 7.59. The molecule has 3 aromatic rings. The van der Waals surface area contributed by atoms with Crippen molar-refractivity contribution in [3.8, 4) is 11.1 Å². The van der Waals surface area contributed by atoms with Crippen LogP contribution in [-0.2, 0) is 0 Å². The smallest absolute Gasteiger partial charge is 0.274 e. The number of amides is 1. The van der Waals surface area contributed by atoms with Crippen molar-refractivity contribution in [2.75, 3.05) is 18.5 Å². The first-order valence-corrected chi connectivity index (χ1v) is 9.90. The summed E-state index contributed by atoms with van der Waals surface area (Å²) in [5.74, 6) is 0.0411. The van der Waals surface area contributed by atoms with E-state index in [1.807, 2.05) is 23.1 Å². The lowest BCUT2D eigenvalue weighted by Crippen LogP contribution is -2.43. The molecule has 1 fully saturated rings. The highest BCUT2D eigenvalue weighted by molar-refractivity contribution is 5.93. The van der Waals surface area contributed by atoms with E-state index in [4.69, 9.17) is 0 Å². The number of aliphatic hydroxyl groups is 1. The van der Waals surface area contributed by atoms with Gasteiger partial charge in [-0.2, -0.15) is 0 Å². The van der Waals surface area contributed by atoms with Gasteiger partial charge in [-0.1, -0.05) is 36.4 Å². The average molecular weight is 386 g/mol. The molecule has 0 aliphatic carbocycles. The van der Waals surface area contributed by atoms with E-state index in [0.717, 1.165) is 28.8 Å². The topological polar surface area (TPSA) is 78.4 Å².